The predicted octanol–water partition coefficient (Wildman–Crippen LogP) is 2.00. The van der Waals surface area contributed by atoms with Gasteiger partial charge in [-0.15, -0.1) is 0 Å². The standard InChI is InChI=1S/C13H19N3O/c1-9(4-5-17)8-15-13-6-10(2)16-11(3)12(13)7-14/h6,9,17H,4-5,8H2,1-3H3,(H,15,16). The molecule has 1 atom stereocenters. The first-order valence-electron chi connectivity index (χ1n) is 5.81. The van der Waals surface area contributed by atoms with Crippen LogP contribution in [0.25, 0.3) is 0 Å². The highest BCUT2D eigenvalue weighted by Gasteiger charge is 2.09. The summed E-state index contributed by atoms with van der Waals surface area (Å²) in [6, 6.07) is 4.06. The molecule has 1 unspecified atom stereocenters. The topological polar surface area (TPSA) is 68.9 Å². The number of anilines is 1. The number of pyridine rings is 1. The van der Waals surface area contributed by atoms with Crippen LogP contribution in [-0.2, 0) is 0 Å². The molecule has 1 aromatic heterocycles. The zero-order chi connectivity index (χ0) is 12.8. The number of aliphatic hydroxyl groups excluding tert-OH is 1. The van der Waals surface area contributed by atoms with Gasteiger partial charge in [-0.2, -0.15) is 5.26 Å². The third kappa shape index (κ3) is 3.72. The summed E-state index contributed by atoms with van der Waals surface area (Å²) in [5.41, 5.74) is 3.10. The summed E-state index contributed by atoms with van der Waals surface area (Å²) in [6.45, 7) is 6.76. The van der Waals surface area contributed by atoms with Gasteiger partial charge in [-0.25, -0.2) is 0 Å². The van der Waals surface area contributed by atoms with Crippen LogP contribution in [0.5, 0.6) is 0 Å². The first kappa shape index (κ1) is 13.5. The molecule has 0 amide bonds. The first-order valence-corrected chi connectivity index (χ1v) is 5.81. The van der Waals surface area contributed by atoms with Gasteiger partial charge < -0.3 is 10.4 Å². The molecule has 4 nitrogen and oxygen atoms in total. The number of nitriles is 1. The molecule has 1 rings (SSSR count). The lowest BCUT2D eigenvalue weighted by atomic mass is 10.1. The van der Waals surface area contributed by atoms with Crippen molar-refractivity contribution >= 4 is 5.69 Å². The molecule has 2 N–H and O–H groups in total. The average molecular weight is 233 g/mol. The lowest BCUT2D eigenvalue weighted by molar-refractivity contribution is 0.266. The van der Waals surface area contributed by atoms with E-state index < -0.39 is 0 Å². The summed E-state index contributed by atoms with van der Waals surface area (Å²) in [4.78, 5) is 4.27. The van der Waals surface area contributed by atoms with Crippen LogP contribution in [-0.4, -0.2) is 23.2 Å². The third-order valence-electron chi connectivity index (χ3n) is 2.70. The normalized spacial score (nSPS) is 11.9. The van der Waals surface area contributed by atoms with Gasteiger partial charge in [-0.1, -0.05) is 6.92 Å². The molecule has 0 aliphatic carbocycles. The van der Waals surface area contributed by atoms with Crippen molar-refractivity contribution in [1.29, 1.82) is 5.26 Å². The Hall–Kier alpha value is -1.60. The highest BCUT2D eigenvalue weighted by molar-refractivity contribution is 5.59. The van der Waals surface area contributed by atoms with Gasteiger partial charge >= 0.3 is 0 Å². The van der Waals surface area contributed by atoms with Crippen molar-refractivity contribution in [3.63, 3.8) is 0 Å². The van der Waals surface area contributed by atoms with Crippen molar-refractivity contribution in [2.45, 2.75) is 27.2 Å². The van der Waals surface area contributed by atoms with Gasteiger partial charge in [0.1, 0.15) is 6.07 Å². The molecule has 17 heavy (non-hydrogen) atoms. The number of hydrogen-bond acceptors (Lipinski definition) is 4. The molecule has 0 aliphatic rings. The van der Waals surface area contributed by atoms with Crippen molar-refractivity contribution < 1.29 is 5.11 Å². The number of hydrogen-bond donors (Lipinski definition) is 2. The quantitative estimate of drug-likeness (QED) is 0.816. The van der Waals surface area contributed by atoms with Crippen molar-refractivity contribution in [3.8, 4) is 6.07 Å². The Kier molecular flexibility index (Phi) is 4.92. The number of nitrogens with one attached hydrogen (secondary N) is 1. The van der Waals surface area contributed by atoms with Crippen LogP contribution in [0.3, 0.4) is 0 Å². The van der Waals surface area contributed by atoms with E-state index in [1.54, 1.807) is 0 Å². The molecular weight excluding hydrogens is 214 g/mol. The molecule has 0 radical (unpaired) electrons. The van der Waals surface area contributed by atoms with Crippen molar-refractivity contribution in [3.05, 3.63) is 23.0 Å². The van der Waals surface area contributed by atoms with Gasteiger partial charge in [0.25, 0.3) is 0 Å². The van der Waals surface area contributed by atoms with E-state index in [2.05, 4.69) is 23.3 Å². The molecule has 1 heterocycles. The van der Waals surface area contributed by atoms with Gasteiger partial charge in [0.05, 0.1) is 16.9 Å². The summed E-state index contributed by atoms with van der Waals surface area (Å²) in [7, 11) is 0. The van der Waals surface area contributed by atoms with Gasteiger partial charge in [0.2, 0.25) is 0 Å². The fourth-order valence-electron chi connectivity index (χ4n) is 1.72. The Bertz CT molecular complexity index is 423. The summed E-state index contributed by atoms with van der Waals surface area (Å²) >= 11 is 0. The van der Waals surface area contributed by atoms with Crippen LogP contribution in [0, 0.1) is 31.1 Å². The second kappa shape index (κ2) is 6.21. The number of nitrogens with zero attached hydrogens (tertiary/aromatic N) is 2. The molecule has 4 heteroatoms. The van der Waals surface area contributed by atoms with E-state index in [1.165, 1.54) is 0 Å². The van der Waals surface area contributed by atoms with Gasteiger partial charge in [0.15, 0.2) is 0 Å². The Morgan fingerprint density at radius 3 is 2.82 bits per heavy atom. The van der Waals surface area contributed by atoms with Crippen LogP contribution in [0.1, 0.15) is 30.3 Å². The zero-order valence-electron chi connectivity index (χ0n) is 10.6. The van der Waals surface area contributed by atoms with E-state index >= 15 is 0 Å². The summed E-state index contributed by atoms with van der Waals surface area (Å²) < 4.78 is 0. The van der Waals surface area contributed by atoms with Crippen LogP contribution >= 0.6 is 0 Å². The Balaban J connectivity index is 2.80. The van der Waals surface area contributed by atoms with E-state index in [4.69, 9.17) is 10.4 Å². The van der Waals surface area contributed by atoms with E-state index in [0.717, 1.165) is 30.0 Å². The largest absolute Gasteiger partial charge is 0.396 e. The summed E-state index contributed by atoms with van der Waals surface area (Å²) in [6.07, 6.45) is 0.762. The lowest BCUT2D eigenvalue weighted by Gasteiger charge is -2.14. The minimum atomic E-state index is 0.197. The highest BCUT2D eigenvalue weighted by Crippen LogP contribution is 2.19. The molecule has 92 valence electrons. The monoisotopic (exact) mass is 233 g/mol. The molecule has 0 saturated heterocycles. The zero-order valence-corrected chi connectivity index (χ0v) is 10.6. The minimum Gasteiger partial charge on any atom is -0.396 e. The van der Waals surface area contributed by atoms with Crippen molar-refractivity contribution in [2.24, 2.45) is 5.92 Å². The third-order valence-corrected chi connectivity index (χ3v) is 2.70. The van der Waals surface area contributed by atoms with Gasteiger partial charge in [-0.3, -0.25) is 4.98 Å². The fraction of sp³-hybridized carbons (Fsp3) is 0.538. The Morgan fingerprint density at radius 2 is 2.24 bits per heavy atom. The fourth-order valence-corrected chi connectivity index (χ4v) is 1.72. The minimum absolute atomic E-state index is 0.197. The molecule has 0 aliphatic heterocycles. The molecule has 0 saturated carbocycles. The maximum atomic E-state index is 9.09. The van der Waals surface area contributed by atoms with Crippen LogP contribution < -0.4 is 5.32 Å². The lowest BCUT2D eigenvalue weighted by Crippen LogP contribution is -2.14. The van der Waals surface area contributed by atoms with Gasteiger partial charge in [0, 0.05) is 18.8 Å². The molecule has 0 fully saturated rings. The SMILES string of the molecule is Cc1cc(NCC(C)CCO)c(C#N)c(C)n1. The molecule has 0 aromatic carbocycles. The van der Waals surface area contributed by atoms with Crippen molar-refractivity contribution in [2.75, 3.05) is 18.5 Å². The molecule has 0 spiro atoms. The predicted molar refractivity (Wildman–Crippen MR) is 67.8 cm³/mol. The second-order valence-electron chi connectivity index (χ2n) is 4.38. The first-order chi connectivity index (χ1) is 8.08. The second-order valence-corrected chi connectivity index (χ2v) is 4.38. The Labute approximate surface area is 102 Å². The number of aryl methyl sites for hydroxylation is 2. The summed E-state index contributed by atoms with van der Waals surface area (Å²) in [5.74, 6) is 0.375. The molecular formula is C13H19N3O. The summed E-state index contributed by atoms with van der Waals surface area (Å²) in [5, 5.41) is 21.2. The average Bonchev–Trinajstić information content (AvgIpc) is 2.26. The van der Waals surface area contributed by atoms with E-state index in [0.29, 0.717) is 11.5 Å². The highest BCUT2D eigenvalue weighted by atomic mass is 16.3. The molecule has 0 bridgehead atoms. The number of aromatic nitrogens is 1. The van der Waals surface area contributed by atoms with E-state index in [-0.39, 0.29) is 6.61 Å². The van der Waals surface area contributed by atoms with Crippen LogP contribution in [0.4, 0.5) is 5.69 Å². The Morgan fingerprint density at radius 1 is 1.53 bits per heavy atom. The maximum absolute atomic E-state index is 9.09. The van der Waals surface area contributed by atoms with E-state index in [9.17, 15) is 0 Å². The number of rotatable bonds is 5. The van der Waals surface area contributed by atoms with Gasteiger partial charge in [-0.05, 0) is 32.3 Å². The van der Waals surface area contributed by atoms with Crippen LogP contribution in [0.2, 0.25) is 0 Å². The number of aliphatic hydroxyl groups is 1. The van der Waals surface area contributed by atoms with Crippen LogP contribution in [0.15, 0.2) is 6.07 Å². The van der Waals surface area contributed by atoms with Crippen molar-refractivity contribution in [1.82, 2.24) is 4.98 Å². The smallest absolute Gasteiger partial charge is 0.103 e. The van der Waals surface area contributed by atoms with E-state index in [1.807, 2.05) is 19.9 Å². The maximum Gasteiger partial charge on any atom is 0.103 e. The molecule has 1 aromatic rings.